The maximum absolute atomic E-state index is 11.3. The lowest BCUT2D eigenvalue weighted by Crippen LogP contribution is -2.45. The van der Waals surface area contributed by atoms with Crippen molar-refractivity contribution in [1.82, 2.24) is 10.7 Å². The molecule has 1 atom stereocenters. The Hall–Kier alpha value is -1.79. The molecule has 0 aliphatic carbocycles. The SMILES string of the molecule is CC(C)(C)OC(=O)N/N=C1\CCCC(C(=O)O)N1. The molecule has 0 aromatic carbocycles. The van der Waals surface area contributed by atoms with Crippen LogP contribution in [0.1, 0.15) is 40.0 Å². The van der Waals surface area contributed by atoms with Crippen LogP contribution in [0.3, 0.4) is 0 Å². The van der Waals surface area contributed by atoms with Crippen molar-refractivity contribution in [3.8, 4) is 0 Å². The summed E-state index contributed by atoms with van der Waals surface area (Å²) in [6.07, 6.45) is 1.23. The number of aliphatic carboxylic acids is 1. The number of piperidine rings is 1. The van der Waals surface area contributed by atoms with Crippen LogP contribution in [0.5, 0.6) is 0 Å². The average Bonchev–Trinajstić information content (AvgIpc) is 2.24. The number of ether oxygens (including phenoxy) is 1. The second-order valence-corrected chi connectivity index (χ2v) is 5.10. The average molecular weight is 257 g/mol. The van der Waals surface area contributed by atoms with E-state index in [2.05, 4.69) is 15.8 Å². The normalized spacial score (nSPS) is 22.2. The van der Waals surface area contributed by atoms with E-state index >= 15 is 0 Å². The summed E-state index contributed by atoms with van der Waals surface area (Å²) in [7, 11) is 0. The van der Waals surface area contributed by atoms with Crippen LogP contribution in [-0.4, -0.2) is 34.6 Å². The molecule has 0 aromatic heterocycles. The molecule has 1 heterocycles. The summed E-state index contributed by atoms with van der Waals surface area (Å²) >= 11 is 0. The number of nitrogens with zero attached hydrogens (tertiary/aromatic N) is 1. The van der Waals surface area contributed by atoms with E-state index in [0.29, 0.717) is 18.7 Å². The molecular formula is C11H19N3O4. The first-order valence-corrected chi connectivity index (χ1v) is 5.83. The quantitative estimate of drug-likeness (QED) is 0.642. The summed E-state index contributed by atoms with van der Waals surface area (Å²) in [4.78, 5) is 22.1. The molecule has 1 aliphatic rings. The van der Waals surface area contributed by atoms with Gasteiger partial charge in [-0.05, 0) is 33.6 Å². The number of nitrogens with one attached hydrogen (secondary N) is 2. The minimum Gasteiger partial charge on any atom is -0.480 e. The number of hydrogen-bond donors (Lipinski definition) is 3. The number of rotatable bonds is 2. The van der Waals surface area contributed by atoms with Crippen LogP contribution in [-0.2, 0) is 9.53 Å². The largest absolute Gasteiger partial charge is 0.480 e. The smallest absolute Gasteiger partial charge is 0.428 e. The third-order valence-electron chi connectivity index (χ3n) is 2.23. The Morgan fingerprint density at radius 1 is 1.50 bits per heavy atom. The summed E-state index contributed by atoms with van der Waals surface area (Å²) in [6, 6.07) is -0.641. The molecule has 1 rings (SSSR count). The van der Waals surface area contributed by atoms with Gasteiger partial charge in [-0.1, -0.05) is 0 Å². The van der Waals surface area contributed by atoms with Crippen molar-refractivity contribution >= 4 is 17.9 Å². The van der Waals surface area contributed by atoms with Crippen LogP contribution in [0.4, 0.5) is 4.79 Å². The molecule has 0 bridgehead atoms. The lowest BCUT2D eigenvalue weighted by Gasteiger charge is -2.22. The predicted molar refractivity (Wildman–Crippen MR) is 65.2 cm³/mol. The van der Waals surface area contributed by atoms with Crippen LogP contribution in [0.25, 0.3) is 0 Å². The van der Waals surface area contributed by atoms with Crippen molar-refractivity contribution in [2.24, 2.45) is 5.10 Å². The molecule has 1 fully saturated rings. The van der Waals surface area contributed by atoms with Crippen LogP contribution < -0.4 is 10.7 Å². The van der Waals surface area contributed by atoms with Crippen molar-refractivity contribution in [1.29, 1.82) is 0 Å². The van der Waals surface area contributed by atoms with Gasteiger partial charge < -0.3 is 15.2 Å². The maximum atomic E-state index is 11.3. The van der Waals surface area contributed by atoms with E-state index in [9.17, 15) is 9.59 Å². The van der Waals surface area contributed by atoms with Gasteiger partial charge in [-0.2, -0.15) is 5.10 Å². The standard InChI is InChI=1S/C11H19N3O4/c1-11(2,3)18-10(17)14-13-8-6-4-5-7(12-8)9(15)16/h7H,4-6H2,1-3H3,(H,12,13)(H,14,17)(H,15,16). The van der Waals surface area contributed by atoms with Gasteiger partial charge >= 0.3 is 12.1 Å². The topological polar surface area (TPSA) is 100 Å². The first-order chi connectivity index (χ1) is 8.28. The number of carboxylic acid groups (broad SMARTS) is 1. The Balaban J connectivity index is 2.47. The number of hydrazone groups is 1. The number of carbonyl (C=O) groups is 2. The van der Waals surface area contributed by atoms with E-state index in [4.69, 9.17) is 9.84 Å². The van der Waals surface area contributed by atoms with E-state index in [1.165, 1.54) is 0 Å². The van der Waals surface area contributed by atoms with E-state index < -0.39 is 23.7 Å². The second-order valence-electron chi connectivity index (χ2n) is 5.10. The summed E-state index contributed by atoms with van der Waals surface area (Å²) in [5.41, 5.74) is 1.65. The molecular weight excluding hydrogens is 238 g/mol. The van der Waals surface area contributed by atoms with Crippen molar-refractivity contribution < 1.29 is 19.4 Å². The van der Waals surface area contributed by atoms with Gasteiger partial charge in [-0.25, -0.2) is 15.0 Å². The highest BCUT2D eigenvalue weighted by Crippen LogP contribution is 2.09. The molecule has 1 unspecified atom stereocenters. The first kappa shape index (κ1) is 14.3. The van der Waals surface area contributed by atoms with Gasteiger partial charge in [-0.15, -0.1) is 0 Å². The Labute approximate surface area is 106 Å². The van der Waals surface area contributed by atoms with E-state index in [-0.39, 0.29) is 0 Å². The Morgan fingerprint density at radius 3 is 2.72 bits per heavy atom. The van der Waals surface area contributed by atoms with Gasteiger partial charge in [0.25, 0.3) is 0 Å². The summed E-state index contributed by atoms with van der Waals surface area (Å²) in [5.74, 6) is -0.459. The summed E-state index contributed by atoms with van der Waals surface area (Å²) < 4.78 is 5.00. The first-order valence-electron chi connectivity index (χ1n) is 5.83. The van der Waals surface area contributed by atoms with E-state index in [0.717, 1.165) is 6.42 Å². The van der Waals surface area contributed by atoms with Gasteiger partial charge in [-0.3, -0.25) is 0 Å². The Bertz CT molecular complexity index is 360. The minimum absolute atomic E-state index is 0.458. The molecule has 0 aromatic rings. The van der Waals surface area contributed by atoms with Crippen molar-refractivity contribution in [2.45, 2.75) is 51.7 Å². The number of carboxylic acids is 1. The third kappa shape index (κ3) is 5.03. The van der Waals surface area contributed by atoms with Gasteiger partial charge in [0, 0.05) is 6.42 Å². The van der Waals surface area contributed by atoms with Crippen LogP contribution in [0.2, 0.25) is 0 Å². The van der Waals surface area contributed by atoms with E-state index in [1.54, 1.807) is 20.8 Å². The predicted octanol–water partition coefficient (Wildman–Crippen LogP) is 1.05. The molecule has 1 amide bonds. The lowest BCUT2D eigenvalue weighted by atomic mass is 10.0. The molecule has 0 spiro atoms. The van der Waals surface area contributed by atoms with Gasteiger partial charge in [0.2, 0.25) is 0 Å². The molecule has 1 aliphatic heterocycles. The number of carbonyl (C=O) groups excluding carboxylic acids is 1. The molecule has 7 nitrogen and oxygen atoms in total. The minimum atomic E-state index is -0.917. The van der Waals surface area contributed by atoms with Crippen LogP contribution in [0.15, 0.2) is 5.10 Å². The van der Waals surface area contributed by atoms with Crippen molar-refractivity contribution in [3.05, 3.63) is 0 Å². The fourth-order valence-corrected chi connectivity index (χ4v) is 1.51. The molecule has 7 heteroatoms. The van der Waals surface area contributed by atoms with Gasteiger partial charge in [0.1, 0.15) is 17.5 Å². The molecule has 1 saturated heterocycles. The van der Waals surface area contributed by atoms with Gasteiger partial charge in [0.15, 0.2) is 0 Å². The molecule has 0 radical (unpaired) electrons. The highest BCUT2D eigenvalue weighted by Gasteiger charge is 2.23. The van der Waals surface area contributed by atoms with Crippen molar-refractivity contribution in [3.63, 3.8) is 0 Å². The zero-order valence-electron chi connectivity index (χ0n) is 10.8. The lowest BCUT2D eigenvalue weighted by molar-refractivity contribution is -0.139. The zero-order valence-corrected chi connectivity index (χ0v) is 10.8. The third-order valence-corrected chi connectivity index (χ3v) is 2.23. The Kier molecular flexibility index (Phi) is 4.52. The zero-order chi connectivity index (χ0) is 13.8. The number of hydrogen-bond acceptors (Lipinski definition) is 4. The Morgan fingerprint density at radius 2 is 2.17 bits per heavy atom. The van der Waals surface area contributed by atoms with E-state index in [1.807, 2.05) is 0 Å². The highest BCUT2D eigenvalue weighted by atomic mass is 16.6. The fraction of sp³-hybridized carbons (Fsp3) is 0.727. The number of amides is 1. The maximum Gasteiger partial charge on any atom is 0.428 e. The molecule has 102 valence electrons. The van der Waals surface area contributed by atoms with Crippen molar-refractivity contribution in [2.75, 3.05) is 0 Å². The van der Waals surface area contributed by atoms with Gasteiger partial charge in [0.05, 0.1) is 0 Å². The monoisotopic (exact) mass is 257 g/mol. The summed E-state index contributed by atoms with van der Waals surface area (Å²) in [5, 5.41) is 15.4. The molecule has 3 N–H and O–H groups in total. The summed E-state index contributed by atoms with van der Waals surface area (Å²) in [6.45, 7) is 5.25. The number of amidine groups is 1. The van der Waals surface area contributed by atoms with Crippen LogP contribution >= 0.6 is 0 Å². The van der Waals surface area contributed by atoms with Crippen LogP contribution in [0, 0.1) is 0 Å². The second kappa shape index (κ2) is 5.70. The highest BCUT2D eigenvalue weighted by molar-refractivity contribution is 5.89. The molecule has 18 heavy (non-hydrogen) atoms. The fourth-order valence-electron chi connectivity index (χ4n) is 1.51. The molecule has 0 saturated carbocycles.